The largest absolute Gasteiger partial charge is 0.497 e. The number of carbonyl (C=O) groups is 4. The summed E-state index contributed by atoms with van der Waals surface area (Å²) in [5, 5.41) is 0. The lowest BCUT2D eigenvalue weighted by Crippen LogP contribution is -2.20. The number of rotatable bonds is 9. The molecule has 0 saturated carbocycles. The second kappa shape index (κ2) is 23.4. The second-order valence-electron chi connectivity index (χ2n) is 16.6. The molecule has 0 unspecified atom stereocenters. The minimum atomic E-state index is -0.494. The molecule has 0 aromatic heterocycles. The summed E-state index contributed by atoms with van der Waals surface area (Å²) in [6.45, 7) is 19.3. The molecule has 0 saturated heterocycles. The van der Waals surface area contributed by atoms with Gasteiger partial charge in [-0.2, -0.15) is 0 Å². The molecule has 0 fully saturated rings. The van der Waals surface area contributed by atoms with Crippen LogP contribution < -0.4 is 23.7 Å². The van der Waals surface area contributed by atoms with Crippen LogP contribution in [-0.2, 0) is 14.4 Å². The third-order valence-electron chi connectivity index (χ3n) is 7.89. The van der Waals surface area contributed by atoms with Crippen LogP contribution in [0.3, 0.4) is 0 Å². The van der Waals surface area contributed by atoms with Crippen molar-refractivity contribution < 1.29 is 42.9 Å². The molecule has 3 rings (SSSR count). The Morgan fingerprint density at radius 2 is 1.02 bits per heavy atom. The van der Waals surface area contributed by atoms with E-state index in [0.717, 1.165) is 17.9 Å². The zero-order chi connectivity index (χ0) is 45.1. The van der Waals surface area contributed by atoms with Crippen LogP contribution in [-0.4, -0.2) is 83.7 Å². The number of likely N-dealkylation sites (N-methyl/N-ethyl adjacent to an activating group) is 1. The van der Waals surface area contributed by atoms with E-state index in [4.69, 9.17) is 23.7 Å². The van der Waals surface area contributed by atoms with E-state index in [9.17, 15) is 19.2 Å². The van der Waals surface area contributed by atoms with Gasteiger partial charge in [0.1, 0.15) is 18.1 Å². The van der Waals surface area contributed by atoms with E-state index in [1.54, 1.807) is 37.4 Å². The number of ether oxygens (including phenoxy) is 5. The summed E-state index contributed by atoms with van der Waals surface area (Å²) in [5.41, 5.74) is 1.16. The molecule has 0 aliphatic rings. The first-order valence-electron chi connectivity index (χ1n) is 18.9. The first-order valence-corrected chi connectivity index (χ1v) is 18.9. The van der Waals surface area contributed by atoms with Crippen LogP contribution in [0.15, 0.2) is 54.6 Å². The molecule has 0 radical (unpaired) electrons. The number of Topliss-reactive ketones (excluding diaryl/α,β-unsaturated/α-hetero) is 4. The van der Waals surface area contributed by atoms with Gasteiger partial charge in [-0.1, -0.05) is 86.1 Å². The summed E-state index contributed by atoms with van der Waals surface area (Å²) in [6.07, 6.45) is 0. The van der Waals surface area contributed by atoms with E-state index in [1.807, 2.05) is 106 Å². The molecule has 0 amide bonds. The Kier molecular flexibility index (Phi) is 20.2. The Hall–Kier alpha value is -6.02. The highest BCUT2D eigenvalue weighted by atomic mass is 16.5. The van der Waals surface area contributed by atoms with E-state index in [0.29, 0.717) is 46.3 Å². The second-order valence-corrected chi connectivity index (χ2v) is 16.6. The normalized spacial score (nSPS) is 10.5. The summed E-state index contributed by atoms with van der Waals surface area (Å²) in [4.78, 5) is 49.1. The Balaban J connectivity index is 0.000000450. The minimum Gasteiger partial charge on any atom is -0.497 e. The Bertz CT molecular complexity index is 2100. The van der Waals surface area contributed by atoms with Gasteiger partial charge in [-0.05, 0) is 87.3 Å². The monoisotopic (exact) mass is 807 g/mol. The fourth-order valence-corrected chi connectivity index (χ4v) is 4.15. The number of nitrogens with zero attached hydrogens (tertiary/aromatic N) is 1. The summed E-state index contributed by atoms with van der Waals surface area (Å²) >= 11 is 0. The van der Waals surface area contributed by atoms with Crippen molar-refractivity contribution >= 4 is 23.1 Å². The van der Waals surface area contributed by atoms with Gasteiger partial charge in [-0.3, -0.25) is 19.2 Å². The zero-order valence-electron chi connectivity index (χ0n) is 37.7. The van der Waals surface area contributed by atoms with Crippen molar-refractivity contribution in [2.45, 2.75) is 69.2 Å². The van der Waals surface area contributed by atoms with Crippen LogP contribution in [0.5, 0.6) is 28.7 Å². The molecular weight excluding hydrogens is 747 g/mol. The predicted molar refractivity (Wildman–Crippen MR) is 234 cm³/mol. The van der Waals surface area contributed by atoms with Crippen LogP contribution >= 0.6 is 0 Å². The summed E-state index contributed by atoms with van der Waals surface area (Å²) in [6, 6.07) is 16.0. The minimum absolute atomic E-state index is 0.0599. The first-order chi connectivity index (χ1) is 27.4. The summed E-state index contributed by atoms with van der Waals surface area (Å²) in [7, 11) is 10.1. The maximum absolute atomic E-state index is 11.9. The summed E-state index contributed by atoms with van der Waals surface area (Å²) < 4.78 is 26.4. The number of carbonyl (C=O) groups excluding carboxylic acids is 4. The van der Waals surface area contributed by atoms with Crippen LogP contribution in [0.4, 0.5) is 0 Å². The van der Waals surface area contributed by atoms with Gasteiger partial charge in [0.15, 0.2) is 17.3 Å². The predicted octanol–water partition coefficient (Wildman–Crippen LogP) is 8.14. The number of benzene rings is 3. The van der Waals surface area contributed by atoms with Crippen molar-refractivity contribution in [2.24, 2.45) is 16.2 Å². The van der Waals surface area contributed by atoms with E-state index in [2.05, 4.69) is 35.5 Å². The Morgan fingerprint density at radius 1 is 0.559 bits per heavy atom. The van der Waals surface area contributed by atoms with Crippen LogP contribution in [0, 0.1) is 51.8 Å². The van der Waals surface area contributed by atoms with Gasteiger partial charge in [-0.25, -0.2) is 0 Å². The van der Waals surface area contributed by atoms with E-state index >= 15 is 0 Å². The maximum Gasteiger partial charge on any atom is 0.211 e. The molecule has 0 bridgehead atoms. The van der Waals surface area contributed by atoms with Crippen molar-refractivity contribution in [3.63, 3.8) is 0 Å². The van der Waals surface area contributed by atoms with Gasteiger partial charge in [0.2, 0.25) is 23.1 Å². The smallest absolute Gasteiger partial charge is 0.211 e. The molecule has 10 nitrogen and oxygen atoms in total. The van der Waals surface area contributed by atoms with Crippen LogP contribution in [0.1, 0.15) is 96.3 Å². The van der Waals surface area contributed by atoms with Gasteiger partial charge < -0.3 is 28.6 Å². The van der Waals surface area contributed by atoms with Crippen molar-refractivity contribution in [3.8, 4) is 64.3 Å². The van der Waals surface area contributed by atoms with E-state index in [-0.39, 0.29) is 23.1 Å². The first kappa shape index (κ1) is 51.0. The third-order valence-corrected chi connectivity index (χ3v) is 7.89. The van der Waals surface area contributed by atoms with Gasteiger partial charge >= 0.3 is 0 Å². The average molecular weight is 808 g/mol. The molecule has 0 N–H and O–H groups in total. The van der Waals surface area contributed by atoms with Crippen LogP contribution in [0.2, 0.25) is 0 Å². The van der Waals surface area contributed by atoms with Gasteiger partial charge in [-0.15, -0.1) is 0 Å². The van der Waals surface area contributed by atoms with Gasteiger partial charge in [0, 0.05) is 39.5 Å². The van der Waals surface area contributed by atoms with E-state index < -0.39 is 16.2 Å². The highest BCUT2D eigenvalue weighted by Gasteiger charge is 2.21. The molecule has 3 aromatic carbocycles. The van der Waals surface area contributed by atoms with Crippen molar-refractivity contribution in [1.82, 2.24) is 4.90 Å². The molecular formula is C49H61NO9. The lowest BCUT2D eigenvalue weighted by atomic mass is 9.91. The topological polar surface area (TPSA) is 118 Å². The number of hydrogen-bond acceptors (Lipinski definition) is 10. The Labute approximate surface area is 352 Å². The fourth-order valence-electron chi connectivity index (χ4n) is 4.15. The van der Waals surface area contributed by atoms with Crippen molar-refractivity contribution in [1.29, 1.82) is 0 Å². The lowest BCUT2D eigenvalue weighted by Gasteiger charge is -2.13. The van der Waals surface area contributed by atoms with Crippen molar-refractivity contribution in [2.75, 3.05) is 55.7 Å². The average Bonchev–Trinajstić information content (AvgIpc) is 3.16. The van der Waals surface area contributed by atoms with Gasteiger partial charge in [0.25, 0.3) is 0 Å². The van der Waals surface area contributed by atoms with E-state index in [1.165, 1.54) is 28.3 Å². The SMILES string of the molecule is CC(=O)c1cc(C#CC(=O)C(C)(C)C)ccc1OCCN(C)C.COc1cc(C#CC(=O)C(C)(C)C)cc(OC)c1OC.COc1cccc(C#CC(=O)C(C)(C)C)c1. The zero-order valence-corrected chi connectivity index (χ0v) is 37.7. The number of methoxy groups -OCH3 is 4. The maximum atomic E-state index is 11.9. The quantitative estimate of drug-likeness (QED) is 0.155. The molecule has 0 aliphatic heterocycles. The molecule has 0 atom stereocenters. The highest BCUT2D eigenvalue weighted by molar-refractivity contribution is 6.01. The lowest BCUT2D eigenvalue weighted by molar-refractivity contribution is -0.121. The molecule has 59 heavy (non-hydrogen) atoms. The molecule has 316 valence electrons. The summed E-state index contributed by atoms with van der Waals surface area (Å²) in [5.74, 6) is 18.9. The molecule has 0 aliphatic carbocycles. The van der Waals surface area contributed by atoms with Gasteiger partial charge in [0.05, 0.1) is 34.0 Å². The molecule has 10 heteroatoms. The molecule has 3 aromatic rings. The molecule has 0 spiro atoms. The van der Waals surface area contributed by atoms with Crippen molar-refractivity contribution in [3.05, 3.63) is 76.9 Å². The Morgan fingerprint density at radius 3 is 1.41 bits per heavy atom. The fraction of sp³-hybridized carbons (Fsp3) is 0.429. The number of hydrogen-bond donors (Lipinski definition) is 0. The number of ketones is 4. The van der Waals surface area contributed by atoms with Crippen LogP contribution in [0.25, 0.3) is 0 Å². The standard InChI is InChI=1S/C19H25NO3.C16H20O4.C14H16O2/c1-14(21)16-13-15(8-10-18(22)19(2,3)4)7-9-17(16)23-12-11-20(5)6;1-16(2,3)14(17)8-7-11-9-12(18-4)15(20-6)13(10-11)19-5;1-14(2,3)13(15)9-8-11-6-5-7-12(10-11)16-4/h7,9,13H,11-12H2,1-6H3;9-10H,1-6H3;5-7,10H,1-4H3. The third kappa shape index (κ3) is 18.4. The highest BCUT2D eigenvalue weighted by Crippen LogP contribution is 2.38. The molecule has 0 heterocycles.